The number of aromatic nitrogens is 1. The summed E-state index contributed by atoms with van der Waals surface area (Å²) < 4.78 is 0. The van der Waals surface area contributed by atoms with Gasteiger partial charge in [0.15, 0.2) is 0 Å². The van der Waals surface area contributed by atoms with Gasteiger partial charge in [-0.3, -0.25) is 15.1 Å². The summed E-state index contributed by atoms with van der Waals surface area (Å²) in [5.41, 5.74) is 1.00. The lowest BCUT2D eigenvalue weighted by molar-refractivity contribution is -0.385. The number of carbonyl (C=O) groups is 1. The van der Waals surface area contributed by atoms with Gasteiger partial charge in [0.2, 0.25) is 0 Å². The van der Waals surface area contributed by atoms with Crippen LogP contribution in [0.1, 0.15) is 21.5 Å². The van der Waals surface area contributed by atoms with Gasteiger partial charge in [-0.05, 0) is 17.7 Å². The van der Waals surface area contributed by atoms with E-state index >= 15 is 0 Å². The first-order chi connectivity index (χ1) is 9.08. The molecule has 0 spiro atoms. The van der Waals surface area contributed by atoms with Crippen molar-refractivity contribution < 1.29 is 14.8 Å². The molecule has 0 amide bonds. The van der Waals surface area contributed by atoms with Crippen molar-refractivity contribution in [3.05, 3.63) is 69.5 Å². The molecule has 1 heterocycles. The zero-order valence-corrected chi connectivity index (χ0v) is 9.81. The molecule has 6 heteroatoms. The first-order valence-corrected chi connectivity index (χ1v) is 5.47. The molecule has 0 bridgehead atoms. The number of hydrogen-bond donors (Lipinski definition) is 1. The lowest BCUT2D eigenvalue weighted by Gasteiger charge is -2.04. The topological polar surface area (TPSA) is 93.3 Å². The third-order valence-electron chi connectivity index (χ3n) is 2.65. The molecule has 96 valence electrons. The van der Waals surface area contributed by atoms with Gasteiger partial charge in [0.1, 0.15) is 0 Å². The Labute approximate surface area is 108 Å². The fraction of sp³-hybridized carbons (Fsp3) is 0.0769. The Morgan fingerprint density at radius 3 is 2.74 bits per heavy atom. The molecule has 1 aromatic carbocycles. The number of nitro groups is 1. The molecule has 6 nitrogen and oxygen atoms in total. The van der Waals surface area contributed by atoms with Crippen molar-refractivity contribution in [3.63, 3.8) is 0 Å². The van der Waals surface area contributed by atoms with E-state index in [4.69, 9.17) is 5.11 Å². The molecule has 0 aliphatic carbocycles. The van der Waals surface area contributed by atoms with E-state index in [-0.39, 0.29) is 11.3 Å². The van der Waals surface area contributed by atoms with Gasteiger partial charge in [-0.2, -0.15) is 0 Å². The SMILES string of the molecule is O=C(O)c1ccc(Cc2cccnc2)c([N+](=O)[O-])c1. The van der Waals surface area contributed by atoms with Crippen LogP contribution < -0.4 is 0 Å². The van der Waals surface area contributed by atoms with Crippen LogP contribution in [0.3, 0.4) is 0 Å². The predicted molar refractivity (Wildman–Crippen MR) is 67.1 cm³/mol. The molecule has 2 rings (SSSR count). The minimum atomic E-state index is -1.18. The van der Waals surface area contributed by atoms with Crippen LogP contribution in [0.15, 0.2) is 42.7 Å². The fourth-order valence-corrected chi connectivity index (χ4v) is 1.74. The molecule has 2 aromatic rings. The smallest absolute Gasteiger partial charge is 0.335 e. The minimum Gasteiger partial charge on any atom is -0.478 e. The van der Waals surface area contributed by atoms with Gasteiger partial charge in [-0.25, -0.2) is 4.79 Å². The molecular formula is C13H10N2O4. The summed E-state index contributed by atoms with van der Waals surface area (Å²) in [5, 5.41) is 19.8. The summed E-state index contributed by atoms with van der Waals surface area (Å²) in [7, 11) is 0. The zero-order chi connectivity index (χ0) is 13.8. The molecule has 0 radical (unpaired) electrons. The highest BCUT2D eigenvalue weighted by atomic mass is 16.6. The van der Waals surface area contributed by atoms with E-state index in [9.17, 15) is 14.9 Å². The standard InChI is InChI=1S/C13H10N2O4/c16-13(17)11-4-3-10(12(7-11)15(18)19)6-9-2-1-5-14-8-9/h1-5,7-8H,6H2,(H,16,17). The van der Waals surface area contributed by atoms with Crippen LogP contribution >= 0.6 is 0 Å². The number of carboxylic acid groups (broad SMARTS) is 1. The molecule has 1 N–H and O–H groups in total. The van der Waals surface area contributed by atoms with Gasteiger partial charge < -0.3 is 5.11 Å². The van der Waals surface area contributed by atoms with Crippen LogP contribution in [-0.2, 0) is 6.42 Å². The summed E-state index contributed by atoms with van der Waals surface area (Å²) in [4.78, 5) is 25.2. The van der Waals surface area contributed by atoms with Crippen molar-refractivity contribution in [3.8, 4) is 0 Å². The van der Waals surface area contributed by atoms with Crippen molar-refractivity contribution in [2.45, 2.75) is 6.42 Å². The predicted octanol–water partition coefficient (Wildman–Crippen LogP) is 2.28. The number of aromatic carboxylic acids is 1. The average Bonchev–Trinajstić information content (AvgIpc) is 2.39. The average molecular weight is 258 g/mol. The van der Waals surface area contributed by atoms with Crippen molar-refractivity contribution in [1.82, 2.24) is 4.98 Å². The van der Waals surface area contributed by atoms with Crippen LogP contribution in [0.4, 0.5) is 5.69 Å². The van der Waals surface area contributed by atoms with Gasteiger partial charge in [0.05, 0.1) is 10.5 Å². The zero-order valence-electron chi connectivity index (χ0n) is 9.81. The molecule has 0 saturated heterocycles. The molecule has 0 aliphatic rings. The Balaban J connectivity index is 2.40. The Kier molecular flexibility index (Phi) is 3.51. The fourth-order valence-electron chi connectivity index (χ4n) is 1.74. The number of benzene rings is 1. The van der Waals surface area contributed by atoms with E-state index in [1.165, 1.54) is 12.1 Å². The Morgan fingerprint density at radius 2 is 2.16 bits per heavy atom. The highest BCUT2D eigenvalue weighted by Gasteiger charge is 2.17. The van der Waals surface area contributed by atoms with E-state index < -0.39 is 10.9 Å². The molecule has 0 atom stereocenters. The summed E-state index contributed by atoms with van der Waals surface area (Å²) >= 11 is 0. The van der Waals surface area contributed by atoms with Crippen LogP contribution in [0.25, 0.3) is 0 Å². The van der Waals surface area contributed by atoms with Crippen molar-refractivity contribution in [2.24, 2.45) is 0 Å². The van der Waals surface area contributed by atoms with Gasteiger partial charge in [-0.15, -0.1) is 0 Å². The second-order valence-corrected chi connectivity index (χ2v) is 3.94. The Hall–Kier alpha value is -2.76. The number of hydrogen-bond acceptors (Lipinski definition) is 4. The number of nitrogens with zero attached hydrogens (tertiary/aromatic N) is 2. The first kappa shape index (κ1) is 12.7. The number of rotatable bonds is 4. The second kappa shape index (κ2) is 5.26. The first-order valence-electron chi connectivity index (χ1n) is 5.47. The van der Waals surface area contributed by atoms with Crippen molar-refractivity contribution in [2.75, 3.05) is 0 Å². The van der Waals surface area contributed by atoms with Gasteiger partial charge >= 0.3 is 5.97 Å². The van der Waals surface area contributed by atoms with Gasteiger partial charge in [0.25, 0.3) is 5.69 Å². The third kappa shape index (κ3) is 2.92. The van der Waals surface area contributed by atoms with E-state index in [2.05, 4.69) is 4.98 Å². The van der Waals surface area contributed by atoms with Crippen LogP contribution in [0.5, 0.6) is 0 Å². The third-order valence-corrected chi connectivity index (χ3v) is 2.65. The Morgan fingerprint density at radius 1 is 1.37 bits per heavy atom. The molecule has 1 aromatic heterocycles. The van der Waals surface area contributed by atoms with Gasteiger partial charge in [0, 0.05) is 30.4 Å². The van der Waals surface area contributed by atoms with Crippen LogP contribution in [0.2, 0.25) is 0 Å². The second-order valence-electron chi connectivity index (χ2n) is 3.94. The summed E-state index contributed by atoms with van der Waals surface area (Å²) in [6.45, 7) is 0. The molecule has 0 fully saturated rings. The van der Waals surface area contributed by atoms with E-state index in [0.29, 0.717) is 12.0 Å². The van der Waals surface area contributed by atoms with Crippen LogP contribution in [0, 0.1) is 10.1 Å². The maximum absolute atomic E-state index is 11.0. The molecule has 0 aliphatic heterocycles. The number of pyridine rings is 1. The largest absolute Gasteiger partial charge is 0.478 e. The van der Waals surface area contributed by atoms with Gasteiger partial charge in [-0.1, -0.05) is 12.1 Å². The quantitative estimate of drug-likeness (QED) is 0.670. The Bertz CT molecular complexity index is 626. The van der Waals surface area contributed by atoms with Crippen LogP contribution in [-0.4, -0.2) is 21.0 Å². The molecule has 0 saturated carbocycles. The lowest BCUT2D eigenvalue weighted by Crippen LogP contribution is -2.02. The van der Waals surface area contributed by atoms with Crippen molar-refractivity contribution in [1.29, 1.82) is 0 Å². The maximum atomic E-state index is 11.0. The highest BCUT2D eigenvalue weighted by molar-refractivity contribution is 5.88. The number of carboxylic acids is 1. The number of nitro benzene ring substituents is 1. The molecular weight excluding hydrogens is 248 g/mol. The molecule has 19 heavy (non-hydrogen) atoms. The van der Waals surface area contributed by atoms with E-state index in [1.54, 1.807) is 18.5 Å². The highest BCUT2D eigenvalue weighted by Crippen LogP contribution is 2.23. The molecule has 0 unspecified atom stereocenters. The normalized spacial score (nSPS) is 10.1. The summed E-state index contributed by atoms with van der Waals surface area (Å²) in [6.07, 6.45) is 3.57. The van der Waals surface area contributed by atoms with E-state index in [1.807, 2.05) is 6.07 Å². The minimum absolute atomic E-state index is 0.0957. The summed E-state index contributed by atoms with van der Waals surface area (Å²) in [6, 6.07) is 7.46. The maximum Gasteiger partial charge on any atom is 0.335 e. The van der Waals surface area contributed by atoms with Crippen molar-refractivity contribution >= 4 is 11.7 Å². The lowest BCUT2D eigenvalue weighted by atomic mass is 10.0. The summed E-state index contributed by atoms with van der Waals surface area (Å²) in [5.74, 6) is -1.18. The van der Waals surface area contributed by atoms with E-state index in [0.717, 1.165) is 11.6 Å². The monoisotopic (exact) mass is 258 g/mol.